The Morgan fingerprint density at radius 2 is 2.07 bits per heavy atom. The van der Waals surface area contributed by atoms with Crippen molar-refractivity contribution in [3.63, 3.8) is 0 Å². The highest BCUT2D eigenvalue weighted by Gasteiger charge is 2.13. The van der Waals surface area contributed by atoms with Crippen LogP contribution in [0.2, 0.25) is 0 Å². The molecule has 1 unspecified atom stereocenters. The number of unbranched alkanes of at least 4 members (excludes halogenated alkanes) is 1. The van der Waals surface area contributed by atoms with Crippen LogP contribution in [0.4, 0.5) is 0 Å². The molecule has 0 rings (SSSR count). The molecule has 1 atom stereocenters. The maximum atomic E-state index is 10.9. The number of carbonyl (C=O) groups is 1. The first-order valence-corrected chi connectivity index (χ1v) is 4.81. The number of carbonyl (C=O) groups excluding carboxylic acids is 1. The van der Waals surface area contributed by atoms with E-state index in [0.29, 0.717) is 19.3 Å². The van der Waals surface area contributed by atoms with Gasteiger partial charge in [0.25, 0.3) is 0 Å². The lowest BCUT2D eigenvalue weighted by atomic mass is 10.1. The van der Waals surface area contributed by atoms with Gasteiger partial charge in [-0.05, 0) is 12.8 Å². The highest BCUT2D eigenvalue weighted by molar-refractivity contribution is 5.69. The van der Waals surface area contributed by atoms with Gasteiger partial charge in [0, 0.05) is 18.5 Å². The summed E-state index contributed by atoms with van der Waals surface area (Å²) < 4.78 is 9.56. The number of methoxy groups -OCH3 is 2. The van der Waals surface area contributed by atoms with Crippen LogP contribution < -0.4 is 0 Å². The fourth-order valence-electron chi connectivity index (χ4n) is 1.19. The molecule has 0 fully saturated rings. The minimum Gasteiger partial charge on any atom is -0.469 e. The molecule has 0 saturated carbocycles. The van der Waals surface area contributed by atoms with E-state index < -0.39 is 0 Å². The number of nitro groups is 1. The van der Waals surface area contributed by atoms with Gasteiger partial charge >= 0.3 is 5.97 Å². The Morgan fingerprint density at radius 3 is 2.53 bits per heavy atom. The number of hydrogen-bond donors (Lipinski definition) is 0. The van der Waals surface area contributed by atoms with Crippen molar-refractivity contribution in [3.05, 3.63) is 10.1 Å². The van der Waals surface area contributed by atoms with Crippen LogP contribution in [-0.4, -0.2) is 37.8 Å². The number of hydrogen-bond acceptors (Lipinski definition) is 5. The minimum atomic E-state index is -0.345. The van der Waals surface area contributed by atoms with E-state index in [0.717, 1.165) is 0 Å². The van der Waals surface area contributed by atoms with Crippen LogP contribution in [-0.2, 0) is 14.3 Å². The van der Waals surface area contributed by atoms with Crippen molar-refractivity contribution in [1.82, 2.24) is 0 Å². The van der Waals surface area contributed by atoms with Crippen LogP contribution in [0, 0.1) is 10.1 Å². The van der Waals surface area contributed by atoms with Gasteiger partial charge in [-0.15, -0.1) is 0 Å². The monoisotopic (exact) mass is 219 g/mol. The van der Waals surface area contributed by atoms with Gasteiger partial charge in [-0.1, -0.05) is 0 Å². The van der Waals surface area contributed by atoms with Crippen molar-refractivity contribution >= 4 is 5.97 Å². The Hall–Kier alpha value is -1.17. The molecule has 0 aromatic heterocycles. The summed E-state index contributed by atoms with van der Waals surface area (Å²) in [5.74, 6) is -0.323. The topological polar surface area (TPSA) is 78.7 Å². The number of esters is 1. The number of ether oxygens (including phenoxy) is 2. The van der Waals surface area contributed by atoms with Crippen molar-refractivity contribution in [2.75, 3.05) is 20.8 Å². The Balaban J connectivity index is 3.61. The zero-order chi connectivity index (χ0) is 11.7. The van der Waals surface area contributed by atoms with Gasteiger partial charge in [-0.25, -0.2) is 0 Å². The van der Waals surface area contributed by atoms with Crippen molar-refractivity contribution in [2.45, 2.75) is 31.8 Å². The summed E-state index contributed by atoms with van der Waals surface area (Å²) in [6, 6.07) is 0. The van der Waals surface area contributed by atoms with Gasteiger partial charge in [0.1, 0.15) is 0 Å². The Bertz CT molecular complexity index is 207. The van der Waals surface area contributed by atoms with Gasteiger partial charge in [-0.2, -0.15) is 0 Å². The average Bonchev–Trinajstić information content (AvgIpc) is 2.21. The quantitative estimate of drug-likeness (QED) is 0.263. The van der Waals surface area contributed by atoms with E-state index >= 15 is 0 Å². The normalized spacial score (nSPS) is 12.1. The third-order valence-electron chi connectivity index (χ3n) is 2.07. The summed E-state index contributed by atoms with van der Waals surface area (Å²) in [6.45, 7) is -0.0331. The number of rotatable bonds is 8. The van der Waals surface area contributed by atoms with Crippen LogP contribution in [0.3, 0.4) is 0 Å². The lowest BCUT2D eigenvalue weighted by molar-refractivity contribution is -0.480. The summed E-state index contributed by atoms with van der Waals surface area (Å²) in [6.07, 6.45) is 1.82. The van der Waals surface area contributed by atoms with Crippen LogP contribution in [0.25, 0.3) is 0 Å². The number of nitrogens with zero attached hydrogens (tertiary/aromatic N) is 1. The van der Waals surface area contributed by atoms with Gasteiger partial charge in [-0.3, -0.25) is 14.9 Å². The predicted octanol–water partition coefficient (Wildman–Crippen LogP) is 1.01. The fourth-order valence-corrected chi connectivity index (χ4v) is 1.19. The summed E-state index contributed by atoms with van der Waals surface area (Å²) >= 11 is 0. The molecular weight excluding hydrogens is 202 g/mol. The molecule has 6 heteroatoms. The average molecular weight is 219 g/mol. The molecule has 0 aliphatic heterocycles. The first-order chi connectivity index (χ1) is 7.10. The largest absolute Gasteiger partial charge is 0.469 e. The van der Waals surface area contributed by atoms with E-state index in [1.807, 2.05) is 0 Å². The molecule has 0 aromatic carbocycles. The molecule has 88 valence electrons. The Kier molecular flexibility index (Phi) is 7.53. The molecule has 6 nitrogen and oxygen atoms in total. The van der Waals surface area contributed by atoms with Crippen molar-refractivity contribution in [3.8, 4) is 0 Å². The smallest absolute Gasteiger partial charge is 0.308 e. The molecule has 0 aliphatic rings. The molecule has 0 radical (unpaired) electrons. The second kappa shape index (κ2) is 8.16. The van der Waals surface area contributed by atoms with Crippen LogP contribution in [0.1, 0.15) is 25.7 Å². The standard InChI is InChI=1S/C9H17NO5/c1-14-8(7-9(11)15-2)5-3-4-6-10(12)13/h8H,3-7H2,1-2H3. The maximum Gasteiger partial charge on any atom is 0.308 e. The first-order valence-electron chi connectivity index (χ1n) is 4.81. The third-order valence-corrected chi connectivity index (χ3v) is 2.07. The summed E-state index contributed by atoms with van der Waals surface area (Å²) in [5, 5.41) is 10.0. The zero-order valence-electron chi connectivity index (χ0n) is 9.10. The van der Waals surface area contributed by atoms with Gasteiger partial charge < -0.3 is 9.47 Å². The van der Waals surface area contributed by atoms with E-state index in [1.165, 1.54) is 14.2 Å². The van der Waals surface area contributed by atoms with E-state index in [4.69, 9.17) is 4.74 Å². The highest BCUT2D eigenvalue weighted by Crippen LogP contribution is 2.08. The van der Waals surface area contributed by atoms with E-state index in [9.17, 15) is 14.9 Å². The summed E-state index contributed by atoms with van der Waals surface area (Å²) in [5.41, 5.74) is 0. The predicted molar refractivity (Wildman–Crippen MR) is 53.1 cm³/mol. The lowest BCUT2D eigenvalue weighted by Gasteiger charge is -2.12. The van der Waals surface area contributed by atoms with E-state index in [1.54, 1.807) is 0 Å². The molecule has 0 bridgehead atoms. The van der Waals surface area contributed by atoms with Crippen molar-refractivity contribution < 1.29 is 19.2 Å². The van der Waals surface area contributed by atoms with E-state index in [-0.39, 0.29) is 30.0 Å². The van der Waals surface area contributed by atoms with Gasteiger partial charge in [0.15, 0.2) is 0 Å². The van der Waals surface area contributed by atoms with Gasteiger partial charge in [0.2, 0.25) is 6.54 Å². The van der Waals surface area contributed by atoms with Gasteiger partial charge in [0.05, 0.1) is 19.6 Å². The molecule has 0 spiro atoms. The maximum absolute atomic E-state index is 10.9. The summed E-state index contributed by atoms with van der Waals surface area (Å²) in [7, 11) is 2.84. The zero-order valence-corrected chi connectivity index (χ0v) is 9.10. The Morgan fingerprint density at radius 1 is 1.40 bits per heavy atom. The molecule has 0 aromatic rings. The van der Waals surface area contributed by atoms with Crippen LogP contribution >= 0.6 is 0 Å². The Labute approximate surface area is 88.7 Å². The highest BCUT2D eigenvalue weighted by atomic mass is 16.6. The lowest BCUT2D eigenvalue weighted by Crippen LogP contribution is -2.17. The molecule has 0 aliphatic carbocycles. The fraction of sp³-hybridized carbons (Fsp3) is 0.889. The third kappa shape index (κ3) is 7.87. The van der Waals surface area contributed by atoms with E-state index in [2.05, 4.69) is 4.74 Å². The minimum absolute atomic E-state index is 0.0331. The molecule has 15 heavy (non-hydrogen) atoms. The molecular formula is C9H17NO5. The molecule has 0 N–H and O–H groups in total. The first kappa shape index (κ1) is 13.8. The van der Waals surface area contributed by atoms with Crippen LogP contribution in [0.5, 0.6) is 0 Å². The second-order valence-corrected chi connectivity index (χ2v) is 3.19. The van der Waals surface area contributed by atoms with Crippen LogP contribution in [0.15, 0.2) is 0 Å². The molecule has 0 amide bonds. The molecule has 0 saturated heterocycles. The SMILES string of the molecule is COC(=O)CC(CCCC[N+](=O)[O-])OC. The van der Waals surface area contributed by atoms with Crippen molar-refractivity contribution in [1.29, 1.82) is 0 Å². The molecule has 0 heterocycles. The van der Waals surface area contributed by atoms with Crippen molar-refractivity contribution in [2.24, 2.45) is 0 Å². The second-order valence-electron chi connectivity index (χ2n) is 3.19. The summed E-state index contributed by atoms with van der Waals surface area (Å²) in [4.78, 5) is 20.6.